The van der Waals surface area contributed by atoms with Crippen molar-refractivity contribution >= 4 is 49.5 Å². The van der Waals surface area contributed by atoms with Crippen LogP contribution in [0.5, 0.6) is 0 Å². The number of allylic oxidation sites excluding steroid dienone is 1. The summed E-state index contributed by atoms with van der Waals surface area (Å²) < 4.78 is 19.7. The molecular formula is C22H13BrFN3O2S. The zero-order valence-corrected chi connectivity index (χ0v) is 18.0. The summed E-state index contributed by atoms with van der Waals surface area (Å²) in [6.45, 7) is 1.83. The number of nitrogens with zero attached hydrogens (tertiary/aromatic N) is 2. The number of nitrogens with one attached hydrogen (secondary N) is 1. The van der Waals surface area contributed by atoms with Gasteiger partial charge in [0.2, 0.25) is 0 Å². The Labute approximate surface area is 183 Å². The Morgan fingerprint density at radius 1 is 1.30 bits per heavy atom. The van der Waals surface area contributed by atoms with Crippen LogP contribution in [0.2, 0.25) is 0 Å². The van der Waals surface area contributed by atoms with E-state index in [0.29, 0.717) is 27.5 Å². The molecule has 4 aromatic rings. The lowest BCUT2D eigenvalue weighted by Crippen LogP contribution is -2.03. The second-order valence-corrected chi connectivity index (χ2v) is 8.21. The first-order valence-electron chi connectivity index (χ1n) is 8.77. The number of hydrogen-bond acceptors (Lipinski definition) is 6. The highest BCUT2D eigenvalue weighted by Crippen LogP contribution is 2.27. The zero-order chi connectivity index (χ0) is 21.3. The van der Waals surface area contributed by atoms with Gasteiger partial charge in [0.1, 0.15) is 28.1 Å². The molecular weight excluding hydrogens is 469 g/mol. The van der Waals surface area contributed by atoms with E-state index in [4.69, 9.17) is 4.42 Å². The van der Waals surface area contributed by atoms with Crippen LogP contribution in [0.4, 0.5) is 10.1 Å². The lowest BCUT2D eigenvalue weighted by molar-refractivity contribution is 0.563. The van der Waals surface area contributed by atoms with Crippen molar-refractivity contribution in [3.05, 3.63) is 85.3 Å². The summed E-state index contributed by atoms with van der Waals surface area (Å²) in [5.74, 6) is -0.374. The first-order chi connectivity index (χ1) is 14.4. The number of nitriles is 1. The van der Waals surface area contributed by atoms with Crippen LogP contribution in [-0.2, 0) is 0 Å². The van der Waals surface area contributed by atoms with Gasteiger partial charge in [-0.25, -0.2) is 14.2 Å². The average molecular weight is 482 g/mol. The highest BCUT2D eigenvalue weighted by molar-refractivity contribution is 9.10. The van der Waals surface area contributed by atoms with E-state index in [-0.39, 0.29) is 11.4 Å². The number of fused-ring (bicyclic) bond motifs is 1. The van der Waals surface area contributed by atoms with Gasteiger partial charge in [-0.1, -0.05) is 22.0 Å². The first kappa shape index (κ1) is 20.0. The molecule has 0 atom stereocenters. The van der Waals surface area contributed by atoms with Crippen LogP contribution < -0.4 is 10.9 Å². The Hall–Kier alpha value is -3.28. The molecule has 0 fully saturated rings. The van der Waals surface area contributed by atoms with Gasteiger partial charge < -0.3 is 9.73 Å². The van der Waals surface area contributed by atoms with Gasteiger partial charge in [0.15, 0.2) is 0 Å². The lowest BCUT2D eigenvalue weighted by atomic mass is 10.1. The van der Waals surface area contributed by atoms with Crippen molar-refractivity contribution in [2.75, 3.05) is 5.32 Å². The molecule has 0 saturated heterocycles. The summed E-state index contributed by atoms with van der Waals surface area (Å²) in [4.78, 5) is 16.8. The van der Waals surface area contributed by atoms with Crippen molar-refractivity contribution in [3.8, 4) is 17.3 Å². The van der Waals surface area contributed by atoms with Crippen LogP contribution >= 0.6 is 27.3 Å². The van der Waals surface area contributed by atoms with Crippen LogP contribution in [0, 0.1) is 24.1 Å². The Balaban J connectivity index is 1.68. The molecule has 30 heavy (non-hydrogen) atoms. The van der Waals surface area contributed by atoms with Crippen LogP contribution in [0.1, 0.15) is 10.6 Å². The van der Waals surface area contributed by atoms with Crippen molar-refractivity contribution < 1.29 is 8.81 Å². The van der Waals surface area contributed by atoms with Gasteiger partial charge in [-0.15, -0.1) is 11.3 Å². The molecule has 4 rings (SSSR count). The maximum Gasteiger partial charge on any atom is 0.345 e. The van der Waals surface area contributed by atoms with Gasteiger partial charge in [0.25, 0.3) is 0 Å². The second-order valence-electron chi connectivity index (χ2n) is 6.44. The number of halogens is 2. The summed E-state index contributed by atoms with van der Waals surface area (Å²) in [5, 5.41) is 15.4. The highest BCUT2D eigenvalue weighted by Gasteiger charge is 2.14. The van der Waals surface area contributed by atoms with Crippen LogP contribution in [0.25, 0.3) is 27.8 Å². The number of aryl methyl sites for hydroxylation is 1. The molecule has 0 saturated carbocycles. The molecule has 0 radical (unpaired) electrons. The Bertz CT molecular complexity index is 1400. The molecule has 2 heterocycles. The van der Waals surface area contributed by atoms with E-state index in [9.17, 15) is 14.4 Å². The van der Waals surface area contributed by atoms with Crippen LogP contribution in [-0.4, -0.2) is 4.98 Å². The number of rotatable bonds is 4. The molecule has 2 aromatic carbocycles. The molecule has 1 N–H and O–H groups in total. The van der Waals surface area contributed by atoms with E-state index in [1.54, 1.807) is 29.6 Å². The van der Waals surface area contributed by atoms with Gasteiger partial charge in [0.05, 0.1) is 11.3 Å². The normalized spacial score (nSPS) is 11.5. The van der Waals surface area contributed by atoms with Crippen molar-refractivity contribution in [1.29, 1.82) is 5.26 Å². The SMILES string of the molecule is Cc1ccc(F)cc1N/C=C(/C#N)c1nc(-c2cc3cc(Br)ccc3oc2=O)cs1. The Morgan fingerprint density at radius 2 is 2.13 bits per heavy atom. The first-order valence-corrected chi connectivity index (χ1v) is 10.4. The van der Waals surface area contributed by atoms with Gasteiger partial charge in [-0.3, -0.25) is 0 Å². The maximum absolute atomic E-state index is 13.5. The Morgan fingerprint density at radius 3 is 2.93 bits per heavy atom. The topological polar surface area (TPSA) is 78.9 Å². The molecule has 0 amide bonds. The summed E-state index contributed by atoms with van der Waals surface area (Å²) >= 11 is 4.63. The number of aromatic nitrogens is 1. The third-order valence-corrected chi connectivity index (χ3v) is 5.77. The molecule has 0 spiro atoms. The van der Waals surface area contributed by atoms with Crippen molar-refractivity contribution in [3.63, 3.8) is 0 Å². The van der Waals surface area contributed by atoms with E-state index in [1.165, 1.54) is 29.7 Å². The second kappa shape index (κ2) is 8.22. The third-order valence-electron chi connectivity index (χ3n) is 4.40. The molecule has 5 nitrogen and oxygen atoms in total. The molecule has 0 unspecified atom stereocenters. The van der Waals surface area contributed by atoms with Crippen molar-refractivity contribution in [2.24, 2.45) is 0 Å². The molecule has 148 valence electrons. The molecule has 8 heteroatoms. The van der Waals surface area contributed by atoms with Crippen molar-refractivity contribution in [2.45, 2.75) is 6.92 Å². The molecule has 2 aromatic heterocycles. The van der Waals surface area contributed by atoms with E-state index < -0.39 is 5.63 Å². The van der Waals surface area contributed by atoms with Crippen LogP contribution in [0.3, 0.4) is 0 Å². The number of thiazole rings is 1. The minimum absolute atomic E-state index is 0.267. The predicted octanol–water partition coefficient (Wildman–Crippen LogP) is 6.10. The minimum atomic E-state index is -0.502. The number of anilines is 1. The van der Waals surface area contributed by atoms with Gasteiger partial charge >= 0.3 is 5.63 Å². The Kier molecular flexibility index (Phi) is 5.48. The standard InChI is InChI=1S/C22H13BrFN3O2S/c1-12-2-4-16(24)8-18(12)26-10-14(9-25)21-27-19(11-30-21)17-7-13-6-15(23)3-5-20(13)29-22(17)28/h2-8,10-11,26H,1H3/b14-10-. The molecule has 0 aliphatic carbocycles. The molecule has 0 bridgehead atoms. The monoisotopic (exact) mass is 481 g/mol. The van der Waals surface area contributed by atoms with Gasteiger partial charge in [-0.2, -0.15) is 5.26 Å². The smallest absolute Gasteiger partial charge is 0.345 e. The van der Waals surface area contributed by atoms with E-state index >= 15 is 0 Å². The van der Waals surface area contributed by atoms with Gasteiger partial charge in [0, 0.05) is 27.1 Å². The number of hydrogen-bond donors (Lipinski definition) is 1. The van der Waals surface area contributed by atoms with E-state index in [0.717, 1.165) is 15.4 Å². The van der Waals surface area contributed by atoms with Gasteiger partial charge in [-0.05, 0) is 48.9 Å². The minimum Gasteiger partial charge on any atom is -0.422 e. The fourth-order valence-electron chi connectivity index (χ4n) is 2.84. The molecule has 0 aliphatic heterocycles. The summed E-state index contributed by atoms with van der Waals surface area (Å²) in [5.41, 5.74) is 2.38. The fourth-order valence-corrected chi connectivity index (χ4v) is 4.00. The quantitative estimate of drug-likeness (QED) is 0.281. The largest absolute Gasteiger partial charge is 0.422 e. The maximum atomic E-state index is 13.5. The van der Waals surface area contributed by atoms with Crippen molar-refractivity contribution in [1.82, 2.24) is 4.98 Å². The van der Waals surface area contributed by atoms with E-state index in [1.807, 2.05) is 13.0 Å². The lowest BCUT2D eigenvalue weighted by Gasteiger charge is -2.05. The van der Waals surface area contributed by atoms with Crippen LogP contribution in [0.15, 0.2) is 67.7 Å². The predicted molar refractivity (Wildman–Crippen MR) is 120 cm³/mol. The summed E-state index contributed by atoms with van der Waals surface area (Å²) in [7, 11) is 0. The summed E-state index contributed by atoms with van der Waals surface area (Å²) in [6, 6.07) is 13.5. The third kappa shape index (κ3) is 4.03. The zero-order valence-electron chi connectivity index (χ0n) is 15.6. The fraction of sp³-hybridized carbons (Fsp3) is 0.0455. The average Bonchev–Trinajstić information content (AvgIpc) is 3.20. The van der Waals surface area contributed by atoms with E-state index in [2.05, 4.69) is 32.3 Å². The molecule has 0 aliphatic rings. The number of benzene rings is 2. The highest BCUT2D eigenvalue weighted by atomic mass is 79.9. The summed E-state index contributed by atoms with van der Waals surface area (Å²) in [6.07, 6.45) is 1.48.